The highest BCUT2D eigenvalue weighted by atomic mass is 16.5. The monoisotopic (exact) mass is 503 g/mol. The number of aromatic nitrogens is 2. The van der Waals surface area contributed by atoms with E-state index in [-0.39, 0.29) is 37.8 Å². The van der Waals surface area contributed by atoms with Crippen LogP contribution in [0.1, 0.15) is 11.3 Å². The van der Waals surface area contributed by atoms with E-state index in [2.05, 4.69) is 5.27 Å². The van der Waals surface area contributed by atoms with Gasteiger partial charge in [-0.15, -0.1) is 0 Å². The fourth-order valence-corrected chi connectivity index (χ4v) is 3.89. The number of amides is 1. The molecule has 37 heavy (non-hydrogen) atoms. The smallest absolute Gasteiger partial charge is 0.432 e. The van der Waals surface area contributed by atoms with Gasteiger partial charge in [-0.2, -0.15) is 0 Å². The number of anilines is 1. The lowest BCUT2D eigenvalue weighted by molar-refractivity contribution is -0.678. The molecular weight excluding hydrogens is 476 g/mol. The molecule has 0 atom stereocenters. The number of para-hydroxylation sites is 1. The van der Waals surface area contributed by atoms with Crippen molar-refractivity contribution in [1.29, 1.82) is 0 Å². The SMILES string of the molecule is COc1ccc(-[n+]2[nH]oc(=O)c2CN(Cc2ccccc2)C(=O)CN(CC(=O)O)c2ccccc2)cc1. The quantitative estimate of drug-likeness (QED) is 0.302. The van der Waals surface area contributed by atoms with Gasteiger partial charge in [0.1, 0.15) is 18.8 Å². The highest BCUT2D eigenvalue weighted by Crippen LogP contribution is 2.16. The molecule has 2 N–H and O–H groups in total. The first-order chi connectivity index (χ1) is 17.9. The Morgan fingerprint density at radius 1 is 0.919 bits per heavy atom. The molecule has 0 aliphatic rings. The predicted octanol–water partition coefficient (Wildman–Crippen LogP) is 2.37. The van der Waals surface area contributed by atoms with Gasteiger partial charge in [0.05, 0.1) is 13.7 Å². The van der Waals surface area contributed by atoms with Gasteiger partial charge < -0.3 is 19.6 Å². The highest BCUT2D eigenvalue weighted by Gasteiger charge is 2.29. The van der Waals surface area contributed by atoms with E-state index < -0.39 is 11.6 Å². The van der Waals surface area contributed by atoms with Gasteiger partial charge in [-0.1, -0.05) is 48.5 Å². The number of carbonyl (C=O) groups excluding carboxylic acids is 1. The summed E-state index contributed by atoms with van der Waals surface area (Å²) in [5, 5.41) is 12.0. The minimum absolute atomic E-state index is 0.0682. The van der Waals surface area contributed by atoms with Crippen LogP contribution in [0.2, 0.25) is 0 Å². The van der Waals surface area contributed by atoms with Crippen LogP contribution in [0.5, 0.6) is 5.75 Å². The van der Waals surface area contributed by atoms with E-state index in [4.69, 9.17) is 9.26 Å². The molecule has 0 bridgehead atoms. The van der Waals surface area contributed by atoms with E-state index in [0.29, 0.717) is 17.1 Å². The first-order valence-corrected chi connectivity index (χ1v) is 11.5. The van der Waals surface area contributed by atoms with E-state index >= 15 is 0 Å². The minimum Gasteiger partial charge on any atom is -0.497 e. The van der Waals surface area contributed by atoms with Crippen molar-refractivity contribution in [1.82, 2.24) is 10.2 Å². The second-order valence-corrected chi connectivity index (χ2v) is 8.28. The number of aromatic amines is 1. The van der Waals surface area contributed by atoms with Crippen LogP contribution in [0.4, 0.5) is 5.69 Å². The van der Waals surface area contributed by atoms with Gasteiger partial charge in [-0.3, -0.25) is 14.1 Å². The van der Waals surface area contributed by atoms with Gasteiger partial charge in [0.2, 0.25) is 11.6 Å². The molecule has 0 saturated carbocycles. The average molecular weight is 504 g/mol. The molecule has 0 radical (unpaired) electrons. The fourth-order valence-electron chi connectivity index (χ4n) is 3.89. The number of aliphatic carboxylic acids is 1. The number of nitrogens with one attached hydrogen (secondary N) is 1. The summed E-state index contributed by atoms with van der Waals surface area (Å²) in [4.78, 5) is 40.8. The zero-order chi connectivity index (χ0) is 26.2. The number of methoxy groups -OCH3 is 1. The lowest BCUT2D eigenvalue weighted by Crippen LogP contribution is -2.46. The number of rotatable bonds is 11. The molecule has 4 aromatic rings. The molecule has 3 aromatic carbocycles. The molecule has 0 spiro atoms. The topological polar surface area (TPSA) is 120 Å². The fraction of sp³-hybridized carbons (Fsp3) is 0.185. The first-order valence-electron chi connectivity index (χ1n) is 11.5. The summed E-state index contributed by atoms with van der Waals surface area (Å²) in [6.07, 6.45) is 0. The Labute approximate surface area is 212 Å². The van der Waals surface area contributed by atoms with Crippen molar-refractivity contribution >= 4 is 17.6 Å². The van der Waals surface area contributed by atoms with Crippen LogP contribution in [-0.2, 0) is 22.7 Å². The number of carbonyl (C=O) groups is 2. The molecule has 4 rings (SSSR count). The number of carboxylic acid groups (broad SMARTS) is 1. The summed E-state index contributed by atoms with van der Waals surface area (Å²) in [7, 11) is 1.56. The Kier molecular flexibility index (Phi) is 7.99. The lowest BCUT2D eigenvalue weighted by Gasteiger charge is -2.27. The molecule has 1 aromatic heterocycles. The normalized spacial score (nSPS) is 10.6. The van der Waals surface area contributed by atoms with Crippen LogP contribution in [-0.4, -0.2) is 47.4 Å². The Bertz CT molecular complexity index is 1380. The number of hydrogen-bond acceptors (Lipinski definition) is 6. The summed E-state index contributed by atoms with van der Waals surface area (Å²) in [5.74, 6) is -0.761. The molecule has 0 saturated heterocycles. The highest BCUT2D eigenvalue weighted by molar-refractivity contribution is 5.84. The molecule has 10 heteroatoms. The molecule has 1 heterocycles. The van der Waals surface area contributed by atoms with Gasteiger partial charge in [-0.25, -0.2) is 4.79 Å². The van der Waals surface area contributed by atoms with Crippen LogP contribution < -0.4 is 19.9 Å². The van der Waals surface area contributed by atoms with E-state index in [1.807, 2.05) is 36.4 Å². The van der Waals surface area contributed by atoms with Crippen molar-refractivity contribution in [3.05, 3.63) is 107 Å². The number of carboxylic acids is 1. The molecule has 190 valence electrons. The largest absolute Gasteiger partial charge is 0.497 e. The van der Waals surface area contributed by atoms with Crippen LogP contribution in [0.25, 0.3) is 5.69 Å². The van der Waals surface area contributed by atoms with Gasteiger partial charge in [0.25, 0.3) is 0 Å². The average Bonchev–Trinajstić information content (AvgIpc) is 3.28. The van der Waals surface area contributed by atoms with Gasteiger partial charge in [0, 0.05) is 24.4 Å². The Balaban J connectivity index is 1.65. The van der Waals surface area contributed by atoms with Crippen molar-refractivity contribution in [3.8, 4) is 11.4 Å². The molecule has 1 amide bonds. The third-order valence-corrected chi connectivity index (χ3v) is 5.75. The third-order valence-electron chi connectivity index (χ3n) is 5.75. The van der Waals surface area contributed by atoms with Crippen molar-refractivity contribution in [2.24, 2.45) is 0 Å². The summed E-state index contributed by atoms with van der Waals surface area (Å²) in [6, 6.07) is 25.2. The molecule has 0 fully saturated rings. The summed E-state index contributed by atoms with van der Waals surface area (Å²) in [6.45, 7) is -0.404. The number of benzene rings is 3. The number of hydrogen-bond donors (Lipinski definition) is 2. The van der Waals surface area contributed by atoms with Crippen LogP contribution in [0.3, 0.4) is 0 Å². The minimum atomic E-state index is -1.06. The molecule has 10 nitrogen and oxygen atoms in total. The van der Waals surface area contributed by atoms with Gasteiger partial charge in [0.15, 0.2) is 0 Å². The van der Waals surface area contributed by atoms with E-state index in [9.17, 15) is 19.5 Å². The maximum Gasteiger partial charge on any atom is 0.432 e. The maximum absolute atomic E-state index is 13.6. The Morgan fingerprint density at radius 2 is 1.57 bits per heavy atom. The molecule has 0 aliphatic heterocycles. The number of nitrogens with zero attached hydrogens (tertiary/aromatic N) is 3. The van der Waals surface area contributed by atoms with Crippen molar-refractivity contribution < 1.29 is 28.6 Å². The van der Waals surface area contributed by atoms with Crippen LogP contribution >= 0.6 is 0 Å². The zero-order valence-corrected chi connectivity index (χ0v) is 20.2. The van der Waals surface area contributed by atoms with Gasteiger partial charge >= 0.3 is 17.3 Å². The van der Waals surface area contributed by atoms with E-state index in [1.165, 1.54) is 14.5 Å². The number of ether oxygens (including phenoxy) is 1. The summed E-state index contributed by atoms with van der Waals surface area (Å²) >= 11 is 0. The lowest BCUT2D eigenvalue weighted by atomic mass is 10.2. The van der Waals surface area contributed by atoms with E-state index in [0.717, 1.165) is 5.56 Å². The first kappa shape index (κ1) is 25.2. The third kappa shape index (κ3) is 6.43. The van der Waals surface area contributed by atoms with Crippen molar-refractivity contribution in [2.75, 3.05) is 25.1 Å². The molecular formula is C27H27N4O6+. The van der Waals surface area contributed by atoms with Crippen LogP contribution in [0.15, 0.2) is 94.2 Å². The Hall–Kier alpha value is -4.86. The van der Waals surface area contributed by atoms with Crippen LogP contribution in [0, 0.1) is 0 Å². The summed E-state index contributed by atoms with van der Waals surface area (Å²) < 4.78 is 11.7. The second kappa shape index (κ2) is 11.7. The molecule has 0 aliphatic carbocycles. The molecule has 0 unspecified atom stereocenters. The van der Waals surface area contributed by atoms with E-state index in [1.54, 1.807) is 55.6 Å². The van der Waals surface area contributed by atoms with Gasteiger partial charge in [-0.05, 0) is 39.8 Å². The van der Waals surface area contributed by atoms with Crippen molar-refractivity contribution in [3.63, 3.8) is 0 Å². The second-order valence-electron chi connectivity index (χ2n) is 8.28. The summed E-state index contributed by atoms with van der Waals surface area (Å²) in [5.41, 5.74) is 1.67. The van der Waals surface area contributed by atoms with Crippen molar-refractivity contribution in [2.45, 2.75) is 13.1 Å². The standard InChI is InChI=1S/C27H26N4O6/c1-36-23-14-12-22(13-15-23)31-24(27(35)37-28-31)17-30(16-20-8-4-2-5-9-20)25(32)18-29(19-26(33)34)21-10-6-3-7-11-21/h2-15H,16-19H2,1H3,(H-,28,33,34,35)/p+1. The Morgan fingerprint density at radius 3 is 2.19 bits per heavy atom. The predicted molar refractivity (Wildman–Crippen MR) is 134 cm³/mol. The maximum atomic E-state index is 13.6. The zero-order valence-electron chi connectivity index (χ0n) is 20.2. The number of H-pyrrole nitrogens is 1.